The number of benzene rings is 2. The molecule has 0 aliphatic carbocycles. The van der Waals surface area contributed by atoms with Gasteiger partial charge in [0.1, 0.15) is 5.02 Å². The van der Waals surface area contributed by atoms with Gasteiger partial charge in [0.15, 0.2) is 5.82 Å². The van der Waals surface area contributed by atoms with Gasteiger partial charge in [-0.1, -0.05) is 42.8 Å². The summed E-state index contributed by atoms with van der Waals surface area (Å²) in [6.45, 7) is 4.52. The molecule has 9 nitrogen and oxygen atoms in total. The Kier molecular flexibility index (Phi) is 8.76. The summed E-state index contributed by atoms with van der Waals surface area (Å²) in [6.07, 6.45) is 3.92. The smallest absolute Gasteiger partial charge is 0.277 e. The number of rotatable bonds is 10. The van der Waals surface area contributed by atoms with E-state index in [0.717, 1.165) is 30.0 Å². The summed E-state index contributed by atoms with van der Waals surface area (Å²) >= 11 is 6.32. The molecule has 3 aromatic rings. The molecule has 0 atom stereocenters. The van der Waals surface area contributed by atoms with Gasteiger partial charge in [-0.25, -0.2) is 9.71 Å². The van der Waals surface area contributed by atoms with Gasteiger partial charge in [0.25, 0.3) is 10.2 Å². The molecule has 1 aromatic heterocycles. The maximum absolute atomic E-state index is 11.7. The number of aromatic nitrogens is 2. The molecule has 0 unspecified atom stereocenters. The Balaban J connectivity index is 1.37. The SMILES string of the molecule is CCNS(=O)(=O)NCc1ccc(Nc2nc(Nc3ccc(C4CCN(C)CC4)cc3)ncc2Cl)cc1. The molecule has 0 saturated carbocycles. The van der Waals surface area contributed by atoms with Crippen LogP contribution in [0.3, 0.4) is 0 Å². The molecule has 11 heteroatoms. The second-order valence-electron chi connectivity index (χ2n) is 8.86. The lowest BCUT2D eigenvalue weighted by atomic mass is 9.89. The molecule has 0 spiro atoms. The number of nitrogens with one attached hydrogen (secondary N) is 4. The van der Waals surface area contributed by atoms with Crippen LogP contribution in [0, 0.1) is 0 Å². The summed E-state index contributed by atoms with van der Waals surface area (Å²) < 4.78 is 28.4. The van der Waals surface area contributed by atoms with Crippen molar-refractivity contribution in [3.8, 4) is 0 Å². The normalized spacial score (nSPS) is 15.1. The number of halogens is 1. The number of hydrogen-bond acceptors (Lipinski definition) is 7. The summed E-state index contributed by atoms with van der Waals surface area (Å²) in [5.74, 6) is 1.51. The van der Waals surface area contributed by atoms with Crippen molar-refractivity contribution in [2.75, 3.05) is 37.3 Å². The second kappa shape index (κ2) is 12.0. The zero-order chi connectivity index (χ0) is 25.5. The summed E-state index contributed by atoms with van der Waals surface area (Å²) in [5, 5.41) is 6.83. The Hall–Kier alpha value is -2.76. The molecule has 1 fully saturated rings. The van der Waals surface area contributed by atoms with Gasteiger partial charge >= 0.3 is 0 Å². The molecular formula is C25H32ClN7O2S. The van der Waals surface area contributed by atoms with E-state index in [-0.39, 0.29) is 6.54 Å². The molecule has 36 heavy (non-hydrogen) atoms. The summed E-state index contributed by atoms with van der Waals surface area (Å²) in [7, 11) is -1.32. The zero-order valence-corrected chi connectivity index (χ0v) is 22.0. The van der Waals surface area contributed by atoms with Crippen LogP contribution in [0.4, 0.5) is 23.1 Å². The van der Waals surface area contributed by atoms with E-state index in [4.69, 9.17) is 11.6 Å². The van der Waals surface area contributed by atoms with Crippen molar-refractivity contribution in [3.63, 3.8) is 0 Å². The molecule has 2 aromatic carbocycles. The highest BCUT2D eigenvalue weighted by molar-refractivity contribution is 7.87. The Morgan fingerprint density at radius 2 is 1.61 bits per heavy atom. The Morgan fingerprint density at radius 3 is 2.28 bits per heavy atom. The fourth-order valence-corrected chi connectivity index (χ4v) is 5.06. The third-order valence-electron chi connectivity index (χ3n) is 6.12. The lowest BCUT2D eigenvalue weighted by Gasteiger charge is -2.29. The van der Waals surface area contributed by atoms with E-state index in [1.54, 1.807) is 13.1 Å². The summed E-state index contributed by atoms with van der Waals surface area (Å²) in [5.41, 5.74) is 3.86. The van der Waals surface area contributed by atoms with Crippen LogP contribution in [0.2, 0.25) is 5.02 Å². The van der Waals surface area contributed by atoms with Crippen molar-refractivity contribution in [3.05, 3.63) is 70.9 Å². The van der Waals surface area contributed by atoms with Gasteiger partial charge in [0.2, 0.25) is 5.95 Å². The Morgan fingerprint density at radius 1 is 0.972 bits per heavy atom. The van der Waals surface area contributed by atoms with E-state index in [9.17, 15) is 8.42 Å². The van der Waals surface area contributed by atoms with Gasteiger partial charge in [-0.15, -0.1) is 0 Å². The van der Waals surface area contributed by atoms with E-state index >= 15 is 0 Å². The highest BCUT2D eigenvalue weighted by Crippen LogP contribution is 2.29. The van der Waals surface area contributed by atoms with E-state index < -0.39 is 10.2 Å². The van der Waals surface area contributed by atoms with Gasteiger partial charge in [-0.05, 0) is 74.3 Å². The van der Waals surface area contributed by atoms with Gasteiger partial charge in [-0.2, -0.15) is 18.1 Å². The van der Waals surface area contributed by atoms with E-state index in [2.05, 4.69) is 66.3 Å². The van der Waals surface area contributed by atoms with Crippen molar-refractivity contribution in [2.45, 2.75) is 32.2 Å². The van der Waals surface area contributed by atoms with Crippen LogP contribution in [0.5, 0.6) is 0 Å². The highest BCUT2D eigenvalue weighted by Gasteiger charge is 2.18. The van der Waals surface area contributed by atoms with Crippen molar-refractivity contribution >= 4 is 45.0 Å². The van der Waals surface area contributed by atoms with Gasteiger partial charge in [0.05, 0.1) is 6.20 Å². The topological polar surface area (TPSA) is 111 Å². The van der Waals surface area contributed by atoms with Crippen LogP contribution in [0.1, 0.15) is 36.8 Å². The first-order chi connectivity index (χ1) is 17.3. The molecule has 4 rings (SSSR count). The third kappa shape index (κ3) is 7.37. The minimum absolute atomic E-state index is 0.189. The summed E-state index contributed by atoms with van der Waals surface area (Å²) in [4.78, 5) is 11.2. The first-order valence-corrected chi connectivity index (χ1v) is 13.9. The fraction of sp³-hybridized carbons (Fsp3) is 0.360. The largest absolute Gasteiger partial charge is 0.339 e. The first kappa shape index (κ1) is 26.3. The molecule has 0 amide bonds. The predicted molar refractivity (Wildman–Crippen MR) is 145 cm³/mol. The van der Waals surface area contributed by atoms with Gasteiger partial charge in [-0.3, -0.25) is 0 Å². The van der Waals surface area contributed by atoms with Crippen LogP contribution in [0.15, 0.2) is 54.7 Å². The van der Waals surface area contributed by atoms with E-state index in [1.165, 1.54) is 18.4 Å². The van der Waals surface area contributed by atoms with Crippen LogP contribution in [-0.2, 0) is 16.8 Å². The molecule has 1 aliphatic heterocycles. The zero-order valence-electron chi connectivity index (χ0n) is 20.5. The van der Waals surface area contributed by atoms with Crippen LogP contribution >= 0.6 is 11.6 Å². The van der Waals surface area contributed by atoms with E-state index in [0.29, 0.717) is 29.3 Å². The van der Waals surface area contributed by atoms with Crippen LogP contribution in [0.25, 0.3) is 0 Å². The predicted octanol–water partition coefficient (Wildman–Crippen LogP) is 4.37. The maximum atomic E-state index is 11.7. The average molecular weight is 530 g/mol. The van der Waals surface area contributed by atoms with Crippen molar-refractivity contribution < 1.29 is 8.42 Å². The maximum Gasteiger partial charge on any atom is 0.277 e. The molecular weight excluding hydrogens is 498 g/mol. The van der Waals surface area contributed by atoms with Crippen molar-refractivity contribution in [2.24, 2.45) is 0 Å². The molecule has 0 bridgehead atoms. The standard InChI is InChI=1S/C25H32ClN7O2S/c1-3-28-36(34,35)29-16-18-4-8-21(9-5-18)30-24-23(26)17-27-25(32-24)31-22-10-6-19(7-11-22)20-12-14-33(2)15-13-20/h4-11,17,20,28-29H,3,12-16H2,1-2H3,(H2,27,30,31,32). The van der Waals surface area contributed by atoms with Crippen LogP contribution in [-0.4, -0.2) is 50.0 Å². The molecule has 4 N–H and O–H groups in total. The molecule has 1 saturated heterocycles. The number of anilines is 4. The fourth-order valence-electron chi connectivity index (χ4n) is 4.09. The lowest BCUT2D eigenvalue weighted by molar-refractivity contribution is 0.255. The number of nitrogens with zero attached hydrogens (tertiary/aromatic N) is 3. The third-order valence-corrected chi connectivity index (χ3v) is 7.59. The minimum Gasteiger partial charge on any atom is -0.339 e. The number of piperidine rings is 1. The Bertz CT molecular complexity index is 1250. The van der Waals surface area contributed by atoms with Gasteiger partial charge < -0.3 is 15.5 Å². The second-order valence-corrected chi connectivity index (χ2v) is 10.9. The van der Waals surface area contributed by atoms with Gasteiger partial charge in [0, 0.05) is 24.5 Å². The number of likely N-dealkylation sites (tertiary alicyclic amines) is 1. The summed E-state index contributed by atoms with van der Waals surface area (Å²) in [6, 6.07) is 15.8. The average Bonchev–Trinajstić information content (AvgIpc) is 2.87. The first-order valence-electron chi connectivity index (χ1n) is 12.0. The molecule has 192 valence electrons. The molecule has 2 heterocycles. The molecule has 0 radical (unpaired) electrons. The number of hydrogen-bond donors (Lipinski definition) is 4. The lowest BCUT2D eigenvalue weighted by Crippen LogP contribution is -2.35. The Labute approximate surface area is 217 Å². The molecule has 1 aliphatic rings. The minimum atomic E-state index is -3.49. The van der Waals surface area contributed by atoms with E-state index in [1.807, 2.05) is 24.3 Å². The van der Waals surface area contributed by atoms with Crippen molar-refractivity contribution in [1.82, 2.24) is 24.3 Å². The van der Waals surface area contributed by atoms with Crippen molar-refractivity contribution in [1.29, 1.82) is 0 Å². The van der Waals surface area contributed by atoms with Crippen LogP contribution < -0.4 is 20.1 Å². The highest BCUT2D eigenvalue weighted by atomic mass is 35.5. The quantitative estimate of drug-likeness (QED) is 0.308. The monoisotopic (exact) mass is 529 g/mol.